The van der Waals surface area contributed by atoms with Gasteiger partial charge < -0.3 is 11.5 Å². The zero-order valence-electron chi connectivity index (χ0n) is 13.0. The van der Waals surface area contributed by atoms with Crippen LogP contribution in [0.1, 0.15) is 30.4 Å². The van der Waals surface area contributed by atoms with E-state index in [4.69, 9.17) is 11.5 Å². The minimum Gasteiger partial charge on any atom is -0.398 e. The molecule has 3 heteroatoms. The Labute approximate surface area is 136 Å². The van der Waals surface area contributed by atoms with Crippen molar-refractivity contribution < 1.29 is 4.79 Å². The third kappa shape index (κ3) is 3.34. The van der Waals surface area contributed by atoms with Crippen LogP contribution in [-0.2, 0) is 4.79 Å². The van der Waals surface area contributed by atoms with E-state index in [1.54, 1.807) is 0 Å². The molecule has 0 heterocycles. The molecule has 0 spiro atoms. The lowest BCUT2D eigenvalue weighted by molar-refractivity contribution is -0.112. The van der Waals surface area contributed by atoms with E-state index in [1.165, 1.54) is 0 Å². The maximum atomic E-state index is 12.7. The van der Waals surface area contributed by atoms with E-state index in [9.17, 15) is 4.79 Å². The summed E-state index contributed by atoms with van der Waals surface area (Å²) in [4.78, 5) is 12.7. The Balaban J connectivity index is 1.93. The fourth-order valence-electron chi connectivity index (χ4n) is 2.84. The second-order valence-corrected chi connectivity index (χ2v) is 5.78. The summed E-state index contributed by atoms with van der Waals surface area (Å²) >= 11 is 0. The second kappa shape index (κ2) is 6.53. The molecule has 1 fully saturated rings. The zero-order valence-corrected chi connectivity index (χ0v) is 13.0. The highest BCUT2D eigenvalue weighted by Gasteiger charge is 2.20. The van der Waals surface area contributed by atoms with Crippen molar-refractivity contribution in [1.82, 2.24) is 0 Å². The van der Waals surface area contributed by atoms with Crippen LogP contribution in [-0.4, -0.2) is 5.78 Å². The maximum Gasteiger partial charge on any atom is 0.185 e. The standard InChI is InChI=1S/C20H20N2O/c21-18-10-3-1-6-14(18)12-16-8-5-9-17(20(16)23)13-15-7-2-4-11-19(15)22/h1-4,6-7,10-13H,5,8-9,21-22H2/b16-12+,17-13+. The van der Waals surface area contributed by atoms with Crippen LogP contribution in [0, 0.1) is 0 Å². The van der Waals surface area contributed by atoms with Gasteiger partial charge in [-0.1, -0.05) is 36.4 Å². The molecule has 2 aromatic carbocycles. The summed E-state index contributed by atoms with van der Waals surface area (Å²) in [5.41, 5.74) is 16.8. The van der Waals surface area contributed by atoms with E-state index < -0.39 is 0 Å². The fraction of sp³-hybridized carbons (Fsp3) is 0.150. The van der Waals surface area contributed by atoms with Crippen molar-refractivity contribution >= 4 is 29.3 Å². The van der Waals surface area contributed by atoms with E-state index in [0.29, 0.717) is 11.4 Å². The Kier molecular flexibility index (Phi) is 4.29. The number of nitrogens with two attached hydrogens (primary N) is 2. The molecule has 1 saturated carbocycles. The Bertz CT molecular complexity index is 737. The van der Waals surface area contributed by atoms with Crippen LogP contribution in [0.3, 0.4) is 0 Å². The van der Waals surface area contributed by atoms with Gasteiger partial charge in [0.15, 0.2) is 5.78 Å². The van der Waals surface area contributed by atoms with E-state index in [-0.39, 0.29) is 5.78 Å². The first-order valence-electron chi connectivity index (χ1n) is 7.80. The molecule has 1 aliphatic carbocycles. The zero-order chi connectivity index (χ0) is 16.2. The van der Waals surface area contributed by atoms with Crippen LogP contribution in [0.15, 0.2) is 59.7 Å². The monoisotopic (exact) mass is 304 g/mol. The number of hydrogen-bond acceptors (Lipinski definition) is 3. The Morgan fingerprint density at radius 3 is 1.61 bits per heavy atom. The predicted molar refractivity (Wildman–Crippen MR) is 96.5 cm³/mol. The van der Waals surface area contributed by atoms with Crippen molar-refractivity contribution in [3.63, 3.8) is 0 Å². The average Bonchev–Trinajstić information content (AvgIpc) is 2.55. The highest BCUT2D eigenvalue weighted by Crippen LogP contribution is 2.29. The van der Waals surface area contributed by atoms with Gasteiger partial charge in [-0.25, -0.2) is 0 Å². The van der Waals surface area contributed by atoms with Crippen molar-refractivity contribution in [3.05, 3.63) is 70.8 Å². The van der Waals surface area contributed by atoms with Crippen LogP contribution in [0.4, 0.5) is 11.4 Å². The molecule has 2 aromatic rings. The molecule has 116 valence electrons. The number of Topliss-reactive ketones (excluding diaryl/α,β-unsaturated/α-hetero) is 1. The van der Waals surface area contributed by atoms with Crippen LogP contribution < -0.4 is 11.5 Å². The number of hydrogen-bond donors (Lipinski definition) is 2. The van der Waals surface area contributed by atoms with E-state index in [2.05, 4.69) is 0 Å². The third-order valence-electron chi connectivity index (χ3n) is 4.13. The fourth-order valence-corrected chi connectivity index (χ4v) is 2.84. The lowest BCUT2D eigenvalue weighted by atomic mass is 9.86. The van der Waals surface area contributed by atoms with E-state index in [0.717, 1.165) is 41.5 Å². The number of anilines is 2. The molecule has 4 N–H and O–H groups in total. The normalized spacial score (nSPS) is 18.5. The highest BCUT2D eigenvalue weighted by atomic mass is 16.1. The SMILES string of the molecule is Nc1ccccc1/C=C1\CCC/C(=C\c2ccccc2N)C1=O. The first-order chi connectivity index (χ1) is 11.1. The van der Waals surface area contributed by atoms with Crippen molar-refractivity contribution in [1.29, 1.82) is 0 Å². The third-order valence-corrected chi connectivity index (χ3v) is 4.13. The van der Waals surface area contributed by atoms with Gasteiger partial charge in [-0.05, 0) is 54.7 Å². The molecule has 0 atom stereocenters. The molecular weight excluding hydrogens is 284 g/mol. The number of carbonyl (C=O) groups excluding carboxylic acids is 1. The summed E-state index contributed by atoms with van der Waals surface area (Å²) in [5, 5.41) is 0. The van der Waals surface area contributed by atoms with Gasteiger partial charge in [-0.3, -0.25) is 4.79 Å². The molecule has 0 unspecified atom stereocenters. The van der Waals surface area contributed by atoms with Gasteiger partial charge in [-0.2, -0.15) is 0 Å². The van der Waals surface area contributed by atoms with Gasteiger partial charge in [0, 0.05) is 22.5 Å². The van der Waals surface area contributed by atoms with E-state index in [1.807, 2.05) is 60.7 Å². The summed E-state index contributed by atoms with van der Waals surface area (Å²) in [6.45, 7) is 0. The van der Waals surface area contributed by atoms with Crippen LogP contribution in [0.25, 0.3) is 12.2 Å². The molecule has 3 nitrogen and oxygen atoms in total. The summed E-state index contributed by atoms with van der Waals surface area (Å²) in [5.74, 6) is 0.0998. The summed E-state index contributed by atoms with van der Waals surface area (Å²) in [6.07, 6.45) is 6.37. The number of benzene rings is 2. The number of rotatable bonds is 2. The predicted octanol–water partition coefficient (Wildman–Crippen LogP) is 4.07. The Morgan fingerprint density at radius 1 is 0.739 bits per heavy atom. The Hall–Kier alpha value is -2.81. The summed E-state index contributed by atoms with van der Waals surface area (Å²) in [6, 6.07) is 15.2. The van der Waals surface area contributed by atoms with Crippen molar-refractivity contribution in [2.75, 3.05) is 11.5 Å². The largest absolute Gasteiger partial charge is 0.398 e. The van der Waals surface area contributed by atoms with E-state index >= 15 is 0 Å². The van der Waals surface area contributed by atoms with Crippen LogP contribution in [0.2, 0.25) is 0 Å². The smallest absolute Gasteiger partial charge is 0.185 e. The molecular formula is C20H20N2O. The molecule has 3 rings (SSSR count). The van der Waals surface area contributed by atoms with Gasteiger partial charge in [0.05, 0.1) is 0 Å². The van der Waals surface area contributed by atoms with Crippen molar-refractivity contribution in [3.8, 4) is 0 Å². The number of ketones is 1. The highest BCUT2D eigenvalue weighted by molar-refractivity contribution is 6.14. The van der Waals surface area contributed by atoms with Gasteiger partial charge in [-0.15, -0.1) is 0 Å². The molecule has 1 aliphatic rings. The minimum absolute atomic E-state index is 0.0998. The first-order valence-corrected chi connectivity index (χ1v) is 7.80. The molecule has 0 bridgehead atoms. The number of para-hydroxylation sites is 2. The summed E-state index contributed by atoms with van der Waals surface area (Å²) in [7, 11) is 0. The molecule has 23 heavy (non-hydrogen) atoms. The minimum atomic E-state index is 0.0998. The van der Waals surface area contributed by atoms with Gasteiger partial charge in [0.2, 0.25) is 0 Å². The maximum absolute atomic E-state index is 12.7. The lowest BCUT2D eigenvalue weighted by Gasteiger charge is -2.17. The van der Waals surface area contributed by atoms with Crippen LogP contribution in [0.5, 0.6) is 0 Å². The topological polar surface area (TPSA) is 69.1 Å². The number of nitrogen functional groups attached to an aromatic ring is 2. The lowest BCUT2D eigenvalue weighted by Crippen LogP contribution is -2.12. The van der Waals surface area contributed by atoms with Gasteiger partial charge in [0.25, 0.3) is 0 Å². The van der Waals surface area contributed by atoms with Crippen molar-refractivity contribution in [2.45, 2.75) is 19.3 Å². The number of carbonyl (C=O) groups is 1. The molecule has 0 amide bonds. The Morgan fingerprint density at radius 2 is 1.17 bits per heavy atom. The summed E-state index contributed by atoms with van der Waals surface area (Å²) < 4.78 is 0. The quantitative estimate of drug-likeness (QED) is 0.649. The van der Waals surface area contributed by atoms with Gasteiger partial charge in [0.1, 0.15) is 0 Å². The number of allylic oxidation sites excluding steroid dienone is 2. The average molecular weight is 304 g/mol. The molecule has 0 saturated heterocycles. The molecule has 0 aliphatic heterocycles. The second-order valence-electron chi connectivity index (χ2n) is 5.78. The van der Waals surface area contributed by atoms with Gasteiger partial charge >= 0.3 is 0 Å². The van der Waals surface area contributed by atoms with Crippen LogP contribution >= 0.6 is 0 Å². The molecule has 0 aromatic heterocycles. The first kappa shape index (κ1) is 15.1. The molecule has 0 radical (unpaired) electrons. The van der Waals surface area contributed by atoms with Crippen molar-refractivity contribution in [2.24, 2.45) is 0 Å².